The second-order valence-electron chi connectivity index (χ2n) is 5.77. The molecular weight excluding hydrogens is 318 g/mol. The summed E-state index contributed by atoms with van der Waals surface area (Å²) in [5.41, 5.74) is 2.39. The van der Waals surface area contributed by atoms with Crippen LogP contribution < -0.4 is 5.32 Å². The number of para-hydroxylation sites is 1. The molecule has 0 saturated heterocycles. The SMILES string of the molecule is COCC(Nc1cc(C)nc(-c2ccccc2O)n1)c1ccnn1C. The van der Waals surface area contributed by atoms with Gasteiger partial charge in [0.15, 0.2) is 5.82 Å². The van der Waals surface area contributed by atoms with Crippen molar-refractivity contribution >= 4 is 5.82 Å². The van der Waals surface area contributed by atoms with E-state index in [0.717, 1.165) is 11.4 Å². The van der Waals surface area contributed by atoms with Crippen molar-refractivity contribution in [3.05, 3.63) is 54.0 Å². The molecule has 3 rings (SSSR count). The zero-order chi connectivity index (χ0) is 17.8. The third-order valence-corrected chi connectivity index (χ3v) is 3.87. The van der Waals surface area contributed by atoms with Gasteiger partial charge in [0.05, 0.1) is 23.9 Å². The first-order chi connectivity index (χ1) is 12.1. The Morgan fingerprint density at radius 2 is 2.04 bits per heavy atom. The van der Waals surface area contributed by atoms with Crippen LogP contribution in [0.3, 0.4) is 0 Å². The maximum Gasteiger partial charge on any atom is 0.165 e. The highest BCUT2D eigenvalue weighted by Crippen LogP contribution is 2.27. The summed E-state index contributed by atoms with van der Waals surface area (Å²) in [6.45, 7) is 2.36. The molecule has 0 aliphatic rings. The Morgan fingerprint density at radius 1 is 1.24 bits per heavy atom. The van der Waals surface area contributed by atoms with E-state index in [1.165, 1.54) is 0 Å². The molecule has 2 aromatic heterocycles. The molecular formula is C18H21N5O2. The number of nitrogens with one attached hydrogen (secondary N) is 1. The number of phenolic OH excluding ortho intramolecular Hbond substituents is 1. The number of aryl methyl sites for hydroxylation is 2. The number of hydrogen-bond acceptors (Lipinski definition) is 6. The molecule has 1 unspecified atom stereocenters. The summed E-state index contributed by atoms with van der Waals surface area (Å²) >= 11 is 0. The molecule has 7 heteroatoms. The highest BCUT2D eigenvalue weighted by molar-refractivity contribution is 5.64. The average molecular weight is 339 g/mol. The molecule has 0 fully saturated rings. The molecule has 1 aromatic carbocycles. The van der Waals surface area contributed by atoms with E-state index in [0.29, 0.717) is 23.8 Å². The summed E-state index contributed by atoms with van der Waals surface area (Å²) in [6.07, 6.45) is 1.75. The van der Waals surface area contributed by atoms with Crippen LogP contribution in [0.5, 0.6) is 5.75 Å². The van der Waals surface area contributed by atoms with Crippen LogP contribution in [0.4, 0.5) is 5.82 Å². The van der Waals surface area contributed by atoms with Crippen molar-refractivity contribution in [3.8, 4) is 17.1 Å². The first kappa shape index (κ1) is 16.9. The smallest absolute Gasteiger partial charge is 0.165 e. The average Bonchev–Trinajstić information content (AvgIpc) is 3.00. The highest BCUT2D eigenvalue weighted by atomic mass is 16.5. The molecule has 0 radical (unpaired) electrons. The van der Waals surface area contributed by atoms with Crippen LogP contribution in [-0.2, 0) is 11.8 Å². The summed E-state index contributed by atoms with van der Waals surface area (Å²) in [7, 11) is 3.54. The zero-order valence-corrected chi connectivity index (χ0v) is 14.5. The van der Waals surface area contributed by atoms with Gasteiger partial charge >= 0.3 is 0 Å². The van der Waals surface area contributed by atoms with Crippen LogP contribution in [0, 0.1) is 6.92 Å². The first-order valence-corrected chi connectivity index (χ1v) is 7.96. The lowest BCUT2D eigenvalue weighted by atomic mass is 10.2. The van der Waals surface area contributed by atoms with E-state index < -0.39 is 0 Å². The molecule has 0 aliphatic heterocycles. The minimum atomic E-state index is -0.107. The van der Waals surface area contributed by atoms with Gasteiger partial charge in [-0.25, -0.2) is 9.97 Å². The fraction of sp³-hybridized carbons (Fsp3) is 0.278. The fourth-order valence-electron chi connectivity index (χ4n) is 2.70. The van der Waals surface area contributed by atoms with Crippen molar-refractivity contribution in [2.75, 3.05) is 19.0 Å². The van der Waals surface area contributed by atoms with Crippen molar-refractivity contribution in [1.29, 1.82) is 0 Å². The van der Waals surface area contributed by atoms with Gasteiger partial charge in [-0.05, 0) is 25.1 Å². The zero-order valence-electron chi connectivity index (χ0n) is 14.5. The van der Waals surface area contributed by atoms with Crippen LogP contribution in [-0.4, -0.2) is 38.6 Å². The van der Waals surface area contributed by atoms with Crippen LogP contribution in [0.15, 0.2) is 42.6 Å². The quantitative estimate of drug-likeness (QED) is 0.718. The van der Waals surface area contributed by atoms with Crippen LogP contribution in [0.2, 0.25) is 0 Å². The highest BCUT2D eigenvalue weighted by Gasteiger charge is 2.17. The Labute approximate surface area is 146 Å². The van der Waals surface area contributed by atoms with Crippen molar-refractivity contribution in [3.63, 3.8) is 0 Å². The molecule has 1 atom stereocenters. The summed E-state index contributed by atoms with van der Waals surface area (Å²) in [5.74, 6) is 1.29. The molecule has 7 nitrogen and oxygen atoms in total. The minimum Gasteiger partial charge on any atom is -0.507 e. The normalized spacial score (nSPS) is 12.1. The maximum absolute atomic E-state index is 10.1. The van der Waals surface area contributed by atoms with Crippen LogP contribution in [0.1, 0.15) is 17.4 Å². The Balaban J connectivity index is 1.94. The molecule has 25 heavy (non-hydrogen) atoms. The third kappa shape index (κ3) is 3.77. The van der Waals surface area contributed by atoms with Gasteiger partial charge in [-0.2, -0.15) is 5.10 Å². The van der Waals surface area contributed by atoms with E-state index in [4.69, 9.17) is 4.74 Å². The molecule has 3 aromatic rings. The predicted molar refractivity (Wildman–Crippen MR) is 95.3 cm³/mol. The number of aromatic nitrogens is 4. The maximum atomic E-state index is 10.1. The van der Waals surface area contributed by atoms with Crippen LogP contribution >= 0.6 is 0 Å². The number of ether oxygens (including phenoxy) is 1. The largest absolute Gasteiger partial charge is 0.507 e. The number of methoxy groups -OCH3 is 1. The number of nitrogens with zero attached hydrogens (tertiary/aromatic N) is 4. The van der Waals surface area contributed by atoms with Crippen molar-refractivity contribution in [2.45, 2.75) is 13.0 Å². The van der Waals surface area contributed by atoms with E-state index in [1.807, 2.05) is 32.2 Å². The molecule has 130 valence electrons. The van der Waals surface area contributed by atoms with Gasteiger partial charge in [0.25, 0.3) is 0 Å². The minimum absolute atomic E-state index is 0.107. The van der Waals surface area contributed by atoms with Gasteiger partial charge in [-0.15, -0.1) is 0 Å². The number of hydrogen-bond donors (Lipinski definition) is 2. The van der Waals surface area contributed by atoms with Gasteiger partial charge in [0.1, 0.15) is 11.6 Å². The monoisotopic (exact) mass is 339 g/mol. The summed E-state index contributed by atoms with van der Waals surface area (Å²) in [6, 6.07) is 10.7. The van der Waals surface area contributed by atoms with Crippen molar-refractivity contribution < 1.29 is 9.84 Å². The van der Waals surface area contributed by atoms with E-state index in [2.05, 4.69) is 20.4 Å². The molecule has 0 aliphatic carbocycles. The molecule has 0 saturated carbocycles. The lowest BCUT2D eigenvalue weighted by molar-refractivity contribution is 0.184. The van der Waals surface area contributed by atoms with Gasteiger partial charge < -0.3 is 15.2 Å². The Kier molecular flexibility index (Phi) is 4.95. The summed E-state index contributed by atoms with van der Waals surface area (Å²) < 4.78 is 7.13. The van der Waals surface area contributed by atoms with E-state index in [-0.39, 0.29) is 11.8 Å². The number of anilines is 1. The van der Waals surface area contributed by atoms with Crippen molar-refractivity contribution in [1.82, 2.24) is 19.7 Å². The number of phenols is 1. The third-order valence-electron chi connectivity index (χ3n) is 3.87. The lowest BCUT2D eigenvalue weighted by Gasteiger charge is -2.19. The van der Waals surface area contributed by atoms with Gasteiger partial charge in [0, 0.05) is 32.1 Å². The van der Waals surface area contributed by atoms with Gasteiger partial charge in [-0.3, -0.25) is 4.68 Å². The summed E-state index contributed by atoms with van der Waals surface area (Å²) in [5, 5.41) is 17.7. The predicted octanol–water partition coefficient (Wildman–Crippen LogP) is 2.69. The van der Waals surface area contributed by atoms with Gasteiger partial charge in [-0.1, -0.05) is 12.1 Å². The molecule has 0 bridgehead atoms. The second kappa shape index (κ2) is 7.31. The molecule has 0 spiro atoms. The molecule has 0 amide bonds. The summed E-state index contributed by atoms with van der Waals surface area (Å²) in [4.78, 5) is 9.00. The number of benzene rings is 1. The van der Waals surface area contributed by atoms with Crippen molar-refractivity contribution in [2.24, 2.45) is 7.05 Å². The fourth-order valence-corrected chi connectivity index (χ4v) is 2.70. The van der Waals surface area contributed by atoms with E-state index in [9.17, 15) is 5.11 Å². The number of rotatable bonds is 6. The molecule has 2 N–H and O–H groups in total. The Morgan fingerprint density at radius 3 is 2.72 bits per heavy atom. The van der Waals surface area contributed by atoms with Gasteiger partial charge in [0.2, 0.25) is 0 Å². The first-order valence-electron chi connectivity index (χ1n) is 7.96. The standard InChI is InChI=1S/C18H21N5O2/c1-12-10-17(21-14(11-25-3)15-8-9-19-23(15)2)22-18(20-12)13-6-4-5-7-16(13)24/h4-10,14,24H,11H2,1-3H3,(H,20,21,22). The lowest BCUT2D eigenvalue weighted by Crippen LogP contribution is -2.20. The Hall–Kier alpha value is -2.93. The second-order valence-corrected chi connectivity index (χ2v) is 5.77. The molecule has 2 heterocycles. The van der Waals surface area contributed by atoms with E-state index >= 15 is 0 Å². The Bertz CT molecular complexity index is 862. The van der Waals surface area contributed by atoms with E-state index in [1.54, 1.807) is 36.2 Å². The topological polar surface area (TPSA) is 85.1 Å². The number of aromatic hydroxyl groups is 1. The van der Waals surface area contributed by atoms with Crippen LogP contribution in [0.25, 0.3) is 11.4 Å².